The second-order valence-corrected chi connectivity index (χ2v) is 4.79. The molecule has 102 valence electrons. The highest BCUT2D eigenvalue weighted by molar-refractivity contribution is 5.96. The first-order valence-corrected chi connectivity index (χ1v) is 6.24. The van der Waals surface area contributed by atoms with Gasteiger partial charge in [-0.3, -0.25) is 9.59 Å². The Hall–Kier alpha value is -2.11. The minimum absolute atomic E-state index is 0.159. The summed E-state index contributed by atoms with van der Waals surface area (Å²) in [5.74, 6) is -0.976. The summed E-state index contributed by atoms with van der Waals surface area (Å²) in [6.45, 7) is 2.69. The fraction of sp³-hybridized carbons (Fsp3) is 0.462. The Labute approximate surface area is 111 Å². The van der Waals surface area contributed by atoms with Gasteiger partial charge in [-0.05, 0) is 31.9 Å². The summed E-state index contributed by atoms with van der Waals surface area (Å²) in [7, 11) is 0. The fourth-order valence-electron chi connectivity index (χ4n) is 2.25. The van der Waals surface area contributed by atoms with Crippen LogP contribution in [0.15, 0.2) is 12.1 Å². The van der Waals surface area contributed by atoms with Gasteiger partial charge >= 0.3 is 0 Å². The van der Waals surface area contributed by atoms with Crippen LogP contribution in [0, 0.1) is 12.8 Å². The van der Waals surface area contributed by atoms with Crippen LogP contribution < -0.4 is 5.73 Å². The molecule has 0 bridgehead atoms. The Balaban J connectivity index is 2.07. The van der Waals surface area contributed by atoms with Crippen molar-refractivity contribution < 1.29 is 14.7 Å². The number of carbonyl (C=O) groups excluding carboxylic acids is 2. The number of amides is 2. The highest BCUT2D eigenvalue weighted by Gasteiger charge is 2.27. The van der Waals surface area contributed by atoms with Gasteiger partial charge in [-0.2, -0.15) is 0 Å². The van der Waals surface area contributed by atoms with E-state index in [0.717, 1.165) is 0 Å². The molecule has 0 aliphatic carbocycles. The van der Waals surface area contributed by atoms with Gasteiger partial charge in [-0.1, -0.05) is 0 Å². The summed E-state index contributed by atoms with van der Waals surface area (Å²) in [5, 5.41) is 9.70. The Bertz CT molecular complexity index is 508. The monoisotopic (exact) mass is 263 g/mol. The highest BCUT2D eigenvalue weighted by Crippen LogP contribution is 2.21. The van der Waals surface area contributed by atoms with Crippen molar-refractivity contribution in [2.75, 3.05) is 13.1 Å². The zero-order valence-electron chi connectivity index (χ0n) is 10.8. The van der Waals surface area contributed by atoms with Gasteiger partial charge in [0.05, 0.1) is 0 Å². The van der Waals surface area contributed by atoms with Crippen LogP contribution >= 0.6 is 0 Å². The lowest BCUT2D eigenvalue weighted by atomic mass is 9.96. The maximum absolute atomic E-state index is 12.2. The largest absolute Gasteiger partial charge is 0.493 e. The lowest BCUT2D eigenvalue weighted by Gasteiger charge is -2.30. The van der Waals surface area contributed by atoms with E-state index in [0.29, 0.717) is 31.6 Å². The lowest BCUT2D eigenvalue weighted by molar-refractivity contribution is -0.123. The highest BCUT2D eigenvalue weighted by atomic mass is 16.3. The molecule has 1 saturated heterocycles. The number of pyridine rings is 1. The molecule has 2 rings (SSSR count). The Morgan fingerprint density at radius 3 is 2.53 bits per heavy atom. The van der Waals surface area contributed by atoms with Crippen LogP contribution in [0.25, 0.3) is 0 Å². The Morgan fingerprint density at radius 1 is 1.37 bits per heavy atom. The van der Waals surface area contributed by atoms with E-state index < -0.39 is 0 Å². The Kier molecular flexibility index (Phi) is 3.69. The van der Waals surface area contributed by atoms with Crippen molar-refractivity contribution in [3.63, 3.8) is 0 Å². The number of aromatic hydroxyl groups is 1. The van der Waals surface area contributed by atoms with Crippen molar-refractivity contribution in [1.82, 2.24) is 9.88 Å². The molecule has 1 aromatic rings. The number of carbonyl (C=O) groups is 2. The van der Waals surface area contributed by atoms with E-state index in [-0.39, 0.29) is 29.2 Å². The topological polar surface area (TPSA) is 96.5 Å². The van der Waals surface area contributed by atoms with E-state index in [1.54, 1.807) is 24.0 Å². The number of hydrogen-bond acceptors (Lipinski definition) is 4. The molecule has 2 heterocycles. The third-order valence-corrected chi connectivity index (χ3v) is 3.43. The second-order valence-electron chi connectivity index (χ2n) is 4.79. The van der Waals surface area contributed by atoms with Crippen LogP contribution in [0.3, 0.4) is 0 Å². The molecule has 1 aliphatic heterocycles. The van der Waals surface area contributed by atoms with Crippen molar-refractivity contribution in [3.05, 3.63) is 23.4 Å². The number of piperidine rings is 1. The predicted octanol–water partition coefficient (Wildman–Crippen LogP) is 0.433. The third-order valence-electron chi connectivity index (χ3n) is 3.43. The van der Waals surface area contributed by atoms with E-state index in [1.165, 1.54) is 0 Å². The zero-order chi connectivity index (χ0) is 14.0. The maximum atomic E-state index is 12.2. The van der Waals surface area contributed by atoms with Gasteiger partial charge in [0.25, 0.3) is 5.91 Å². The van der Waals surface area contributed by atoms with Crippen LogP contribution in [0.4, 0.5) is 0 Å². The van der Waals surface area contributed by atoms with Crippen molar-refractivity contribution in [2.45, 2.75) is 19.8 Å². The smallest absolute Gasteiger partial charge is 0.259 e. The molecule has 0 radical (unpaired) electrons. The van der Waals surface area contributed by atoms with Crippen LogP contribution in [0.1, 0.15) is 28.9 Å². The average molecular weight is 263 g/mol. The summed E-state index contributed by atoms with van der Waals surface area (Å²) in [6.07, 6.45) is 1.14. The molecule has 6 nitrogen and oxygen atoms in total. The van der Waals surface area contributed by atoms with Gasteiger partial charge in [0.2, 0.25) is 11.8 Å². The molecule has 1 fully saturated rings. The summed E-state index contributed by atoms with van der Waals surface area (Å²) >= 11 is 0. The average Bonchev–Trinajstić information content (AvgIpc) is 2.38. The SMILES string of the molecule is Cc1ccc(C(=O)N2CCC(C(N)=O)CC2)c(O)n1. The molecule has 19 heavy (non-hydrogen) atoms. The number of nitrogens with zero attached hydrogens (tertiary/aromatic N) is 2. The number of likely N-dealkylation sites (tertiary alicyclic amines) is 1. The molecule has 0 spiro atoms. The Morgan fingerprint density at radius 2 is 2.00 bits per heavy atom. The first-order valence-electron chi connectivity index (χ1n) is 6.24. The van der Waals surface area contributed by atoms with Crippen LogP contribution in [-0.4, -0.2) is 39.9 Å². The minimum Gasteiger partial charge on any atom is -0.493 e. The van der Waals surface area contributed by atoms with Gasteiger partial charge in [-0.15, -0.1) is 0 Å². The van der Waals surface area contributed by atoms with E-state index >= 15 is 0 Å². The number of rotatable bonds is 2. The third kappa shape index (κ3) is 2.83. The van der Waals surface area contributed by atoms with Crippen molar-refractivity contribution >= 4 is 11.8 Å². The van der Waals surface area contributed by atoms with E-state index in [4.69, 9.17) is 5.73 Å². The van der Waals surface area contributed by atoms with Crippen molar-refractivity contribution in [2.24, 2.45) is 11.7 Å². The molecule has 1 aromatic heterocycles. The van der Waals surface area contributed by atoms with Gasteiger partial charge in [0.1, 0.15) is 5.56 Å². The van der Waals surface area contributed by atoms with Gasteiger partial charge < -0.3 is 15.7 Å². The quantitative estimate of drug-likeness (QED) is 0.808. The molecule has 0 atom stereocenters. The van der Waals surface area contributed by atoms with Gasteiger partial charge in [-0.25, -0.2) is 4.98 Å². The molecule has 6 heteroatoms. The molecule has 2 amide bonds. The minimum atomic E-state index is -0.313. The molecular formula is C13H17N3O3. The summed E-state index contributed by atoms with van der Waals surface area (Å²) < 4.78 is 0. The molecule has 1 aliphatic rings. The van der Waals surface area contributed by atoms with Gasteiger partial charge in [0, 0.05) is 24.7 Å². The number of aryl methyl sites for hydroxylation is 1. The van der Waals surface area contributed by atoms with Crippen molar-refractivity contribution in [3.8, 4) is 5.88 Å². The summed E-state index contributed by atoms with van der Waals surface area (Å²) in [4.78, 5) is 28.8. The molecule has 0 unspecified atom stereocenters. The normalized spacial score (nSPS) is 16.4. The molecule has 0 saturated carbocycles. The molecule has 3 N–H and O–H groups in total. The van der Waals surface area contributed by atoms with Crippen LogP contribution in [0.2, 0.25) is 0 Å². The van der Waals surface area contributed by atoms with E-state index in [2.05, 4.69) is 4.98 Å². The molecule has 0 aromatic carbocycles. The lowest BCUT2D eigenvalue weighted by Crippen LogP contribution is -2.41. The van der Waals surface area contributed by atoms with Crippen LogP contribution in [-0.2, 0) is 4.79 Å². The standard InChI is InChI=1S/C13H17N3O3/c1-8-2-3-10(12(18)15-8)13(19)16-6-4-9(5-7-16)11(14)17/h2-3,9H,4-7H2,1H3,(H2,14,17)(H,15,18). The number of hydrogen-bond donors (Lipinski definition) is 2. The number of nitrogens with two attached hydrogens (primary N) is 1. The number of primary amides is 1. The van der Waals surface area contributed by atoms with Crippen molar-refractivity contribution in [1.29, 1.82) is 0 Å². The first-order chi connectivity index (χ1) is 8.99. The van der Waals surface area contributed by atoms with E-state index in [9.17, 15) is 14.7 Å². The maximum Gasteiger partial charge on any atom is 0.259 e. The molecular weight excluding hydrogens is 246 g/mol. The number of aromatic nitrogens is 1. The summed E-state index contributed by atoms with van der Waals surface area (Å²) in [5.41, 5.74) is 6.10. The predicted molar refractivity (Wildman–Crippen MR) is 68.5 cm³/mol. The van der Waals surface area contributed by atoms with Crippen LogP contribution in [0.5, 0.6) is 5.88 Å². The fourth-order valence-corrected chi connectivity index (χ4v) is 2.25. The summed E-state index contributed by atoms with van der Waals surface area (Å²) in [6, 6.07) is 3.25. The zero-order valence-corrected chi connectivity index (χ0v) is 10.8. The second kappa shape index (κ2) is 5.26. The first kappa shape index (κ1) is 13.3. The van der Waals surface area contributed by atoms with E-state index in [1.807, 2.05) is 0 Å². The van der Waals surface area contributed by atoms with Gasteiger partial charge in [0.15, 0.2) is 0 Å².